The van der Waals surface area contributed by atoms with E-state index in [1.165, 1.54) is 29.3 Å². The van der Waals surface area contributed by atoms with Crippen LogP contribution in [0.15, 0.2) is 11.1 Å². The molecule has 1 aliphatic heterocycles. The molecular formula is C10H10N2. The van der Waals surface area contributed by atoms with E-state index in [-0.39, 0.29) is 0 Å². The Kier molecular flexibility index (Phi) is 1.09. The highest BCUT2D eigenvalue weighted by Crippen LogP contribution is 2.10. The lowest BCUT2D eigenvalue weighted by Gasteiger charge is -2.02. The van der Waals surface area contributed by atoms with E-state index in [2.05, 4.69) is 28.2 Å². The summed E-state index contributed by atoms with van der Waals surface area (Å²) in [5.41, 5.74) is 3.90. The molecule has 0 unspecified atom stereocenters. The maximum atomic E-state index is 4.45. The van der Waals surface area contributed by atoms with Crippen LogP contribution in [0.1, 0.15) is 17.5 Å². The van der Waals surface area contributed by atoms with Crippen LogP contribution in [0.4, 0.5) is 0 Å². The van der Waals surface area contributed by atoms with Crippen molar-refractivity contribution >= 4 is 12.2 Å². The predicted octanol–water partition coefficient (Wildman–Crippen LogP) is 0.388. The van der Waals surface area contributed by atoms with Gasteiger partial charge in [0.25, 0.3) is 0 Å². The van der Waals surface area contributed by atoms with E-state index < -0.39 is 0 Å². The molecule has 0 saturated carbocycles. The van der Waals surface area contributed by atoms with Gasteiger partial charge in [-0.15, -0.1) is 0 Å². The van der Waals surface area contributed by atoms with Crippen LogP contribution >= 0.6 is 0 Å². The second kappa shape index (κ2) is 2.09. The summed E-state index contributed by atoms with van der Waals surface area (Å²) >= 11 is 0. The Balaban J connectivity index is 2.44. The van der Waals surface area contributed by atoms with Crippen molar-refractivity contribution in [3.63, 3.8) is 0 Å². The molecule has 2 aliphatic rings. The van der Waals surface area contributed by atoms with Crippen LogP contribution in [-0.4, -0.2) is 11.5 Å². The van der Waals surface area contributed by atoms with Crippen LogP contribution in [0.2, 0.25) is 0 Å². The highest BCUT2D eigenvalue weighted by Gasteiger charge is 2.12. The van der Waals surface area contributed by atoms with E-state index in [1.54, 1.807) is 0 Å². The van der Waals surface area contributed by atoms with Crippen molar-refractivity contribution < 1.29 is 0 Å². The second-order valence-corrected chi connectivity index (χ2v) is 3.29. The number of hydrogen-bond acceptors (Lipinski definition) is 1. The lowest BCUT2D eigenvalue weighted by Crippen LogP contribution is -2.16. The summed E-state index contributed by atoms with van der Waals surface area (Å²) in [6.07, 6.45) is 8.76. The van der Waals surface area contributed by atoms with Gasteiger partial charge < -0.3 is 4.98 Å². The molecule has 1 aromatic heterocycles. The lowest BCUT2D eigenvalue weighted by atomic mass is 10.1. The van der Waals surface area contributed by atoms with Crippen molar-refractivity contribution in [2.75, 3.05) is 6.54 Å². The van der Waals surface area contributed by atoms with Gasteiger partial charge in [0.1, 0.15) is 5.49 Å². The van der Waals surface area contributed by atoms with Gasteiger partial charge in [0.15, 0.2) is 0 Å². The minimum absolute atomic E-state index is 0.982. The summed E-state index contributed by atoms with van der Waals surface area (Å²) in [6.45, 7) is 0.982. The molecule has 2 nitrogen and oxygen atoms in total. The number of aromatic nitrogens is 1. The second-order valence-electron chi connectivity index (χ2n) is 3.29. The van der Waals surface area contributed by atoms with Crippen molar-refractivity contribution in [3.05, 3.63) is 28.0 Å². The van der Waals surface area contributed by atoms with Crippen molar-refractivity contribution in [2.24, 2.45) is 4.99 Å². The summed E-state index contributed by atoms with van der Waals surface area (Å²) in [6, 6.07) is 0. The number of hydrogen-bond donors (Lipinski definition) is 1. The average molecular weight is 158 g/mol. The van der Waals surface area contributed by atoms with Crippen molar-refractivity contribution in [1.29, 1.82) is 0 Å². The smallest absolute Gasteiger partial charge is 0.129 e. The summed E-state index contributed by atoms with van der Waals surface area (Å²) in [5, 5.41) is 1.24. The Morgan fingerprint density at radius 3 is 3.42 bits per heavy atom. The third-order valence-corrected chi connectivity index (χ3v) is 2.53. The molecule has 0 atom stereocenters. The van der Waals surface area contributed by atoms with Crippen molar-refractivity contribution in [1.82, 2.24) is 4.98 Å². The van der Waals surface area contributed by atoms with E-state index in [0.29, 0.717) is 0 Å². The van der Waals surface area contributed by atoms with Gasteiger partial charge in [0.2, 0.25) is 0 Å². The third-order valence-electron chi connectivity index (χ3n) is 2.53. The maximum absolute atomic E-state index is 4.45. The number of nitrogens with one attached hydrogen (secondary N) is 1. The average Bonchev–Trinajstić information content (AvgIpc) is 2.62. The summed E-state index contributed by atoms with van der Waals surface area (Å²) in [4.78, 5) is 7.78. The van der Waals surface area contributed by atoms with E-state index in [4.69, 9.17) is 0 Å². The SMILES string of the molecule is C1=Cc2c3c([nH]c2=C1)=NCCC3. The summed E-state index contributed by atoms with van der Waals surface area (Å²) in [5.74, 6) is 0. The number of rotatable bonds is 0. The minimum Gasteiger partial charge on any atom is -0.340 e. The molecule has 1 aromatic rings. The molecular weight excluding hydrogens is 148 g/mol. The monoisotopic (exact) mass is 158 g/mol. The molecule has 0 spiro atoms. The fraction of sp³-hybridized carbons (Fsp3) is 0.300. The highest BCUT2D eigenvalue weighted by atomic mass is 14.9. The fourth-order valence-corrected chi connectivity index (χ4v) is 1.96. The molecule has 12 heavy (non-hydrogen) atoms. The molecule has 0 bridgehead atoms. The molecule has 0 amide bonds. The van der Waals surface area contributed by atoms with Crippen LogP contribution in [0.25, 0.3) is 12.2 Å². The van der Waals surface area contributed by atoms with Gasteiger partial charge in [0, 0.05) is 23.0 Å². The van der Waals surface area contributed by atoms with E-state index in [1.807, 2.05) is 0 Å². The lowest BCUT2D eigenvalue weighted by molar-refractivity contribution is 0.759. The molecule has 2 heterocycles. The van der Waals surface area contributed by atoms with Crippen LogP contribution in [0, 0.1) is 0 Å². The number of nitrogens with zero attached hydrogens (tertiary/aromatic N) is 1. The molecule has 3 rings (SSSR count). The van der Waals surface area contributed by atoms with E-state index >= 15 is 0 Å². The number of allylic oxidation sites excluding steroid dienone is 1. The Labute approximate surface area is 70.3 Å². The zero-order valence-corrected chi connectivity index (χ0v) is 6.80. The molecule has 1 N–H and O–H groups in total. The van der Waals surface area contributed by atoms with Crippen molar-refractivity contribution in [2.45, 2.75) is 12.8 Å². The van der Waals surface area contributed by atoms with Gasteiger partial charge in [-0.1, -0.05) is 12.2 Å². The Morgan fingerprint density at radius 1 is 1.42 bits per heavy atom. The van der Waals surface area contributed by atoms with Crippen molar-refractivity contribution in [3.8, 4) is 0 Å². The number of H-pyrrole nitrogens is 1. The first-order chi connectivity index (χ1) is 5.95. The van der Waals surface area contributed by atoms with Crippen LogP contribution in [0.5, 0.6) is 0 Å². The standard InChI is InChI=1S/C10H10N2/c1-3-7-8-4-2-6-11-10(8)12-9(7)5-1/h1,3,5H,2,4,6H2,(H,11,12). The predicted molar refractivity (Wildman–Crippen MR) is 48.3 cm³/mol. The first-order valence-electron chi connectivity index (χ1n) is 4.39. The topological polar surface area (TPSA) is 28.1 Å². The zero-order valence-electron chi connectivity index (χ0n) is 6.80. The van der Waals surface area contributed by atoms with Crippen LogP contribution in [0.3, 0.4) is 0 Å². The minimum atomic E-state index is 0.982. The first kappa shape index (κ1) is 6.23. The molecule has 0 radical (unpaired) electrons. The Bertz CT molecular complexity index is 463. The number of fused-ring (bicyclic) bond motifs is 3. The molecule has 60 valence electrons. The molecule has 1 aliphatic carbocycles. The largest absolute Gasteiger partial charge is 0.340 e. The normalized spacial score (nSPS) is 18.0. The zero-order chi connectivity index (χ0) is 7.97. The maximum Gasteiger partial charge on any atom is 0.129 e. The van der Waals surface area contributed by atoms with Gasteiger partial charge in [-0.3, -0.25) is 4.99 Å². The Hall–Kier alpha value is -1.31. The van der Waals surface area contributed by atoms with Gasteiger partial charge >= 0.3 is 0 Å². The van der Waals surface area contributed by atoms with Gasteiger partial charge in [-0.25, -0.2) is 0 Å². The number of aromatic amines is 1. The Morgan fingerprint density at radius 2 is 2.42 bits per heavy atom. The highest BCUT2D eigenvalue weighted by molar-refractivity contribution is 5.67. The van der Waals surface area contributed by atoms with Gasteiger partial charge in [-0.05, 0) is 18.9 Å². The quantitative estimate of drug-likeness (QED) is 0.565. The molecule has 2 heteroatoms. The molecule has 0 aromatic carbocycles. The first-order valence-corrected chi connectivity index (χ1v) is 4.39. The van der Waals surface area contributed by atoms with Crippen LogP contribution < -0.4 is 10.8 Å². The van der Waals surface area contributed by atoms with Crippen LogP contribution in [-0.2, 0) is 6.42 Å². The summed E-state index contributed by atoms with van der Waals surface area (Å²) in [7, 11) is 0. The van der Waals surface area contributed by atoms with E-state index in [9.17, 15) is 0 Å². The molecule has 0 fully saturated rings. The summed E-state index contributed by atoms with van der Waals surface area (Å²) < 4.78 is 0. The molecule has 0 saturated heterocycles. The van der Waals surface area contributed by atoms with Gasteiger partial charge in [0.05, 0.1) is 0 Å². The van der Waals surface area contributed by atoms with Gasteiger partial charge in [-0.2, -0.15) is 0 Å². The van der Waals surface area contributed by atoms with E-state index in [0.717, 1.165) is 12.0 Å². The third kappa shape index (κ3) is 0.670. The fourth-order valence-electron chi connectivity index (χ4n) is 1.96.